The fourth-order valence-corrected chi connectivity index (χ4v) is 1.71. The van der Waals surface area contributed by atoms with Gasteiger partial charge in [-0.25, -0.2) is 0 Å². The van der Waals surface area contributed by atoms with E-state index < -0.39 is 18.0 Å². The van der Waals surface area contributed by atoms with E-state index in [0.29, 0.717) is 26.2 Å². The number of likely N-dealkylation sites (N-methyl/N-ethyl adjacent to an activating group) is 1. The molecule has 0 aromatic carbocycles. The van der Waals surface area contributed by atoms with Crippen molar-refractivity contribution in [2.75, 3.05) is 40.0 Å². The van der Waals surface area contributed by atoms with Gasteiger partial charge >= 0.3 is 5.97 Å². The fraction of sp³-hybridized carbons (Fsp3) is 0.923. The molecule has 0 saturated heterocycles. The van der Waals surface area contributed by atoms with Gasteiger partial charge in [0.1, 0.15) is 0 Å². The summed E-state index contributed by atoms with van der Waals surface area (Å²) in [5, 5.41) is 18.7. The van der Waals surface area contributed by atoms with Crippen LogP contribution in [0.25, 0.3) is 0 Å². The Balaban J connectivity index is 3.99. The van der Waals surface area contributed by atoms with Gasteiger partial charge in [0, 0.05) is 20.2 Å². The Bertz CT molecular complexity index is 249. The van der Waals surface area contributed by atoms with E-state index in [1.807, 2.05) is 18.7 Å². The van der Waals surface area contributed by atoms with Gasteiger partial charge in [0.2, 0.25) is 0 Å². The first-order valence-corrected chi connectivity index (χ1v) is 6.64. The van der Waals surface area contributed by atoms with E-state index in [2.05, 4.69) is 0 Å². The summed E-state index contributed by atoms with van der Waals surface area (Å²) in [5.74, 6) is -1.27. The summed E-state index contributed by atoms with van der Waals surface area (Å²) in [6.07, 6.45) is -0.687. The van der Waals surface area contributed by atoms with Crippen molar-refractivity contribution in [2.24, 2.45) is 5.92 Å². The molecule has 2 N–H and O–H groups in total. The van der Waals surface area contributed by atoms with Crippen molar-refractivity contribution >= 4 is 5.97 Å². The maximum atomic E-state index is 10.8. The predicted octanol–water partition coefficient (Wildman–Crippen LogP) is 0.441. The molecule has 0 spiro atoms. The van der Waals surface area contributed by atoms with Crippen LogP contribution in [0.4, 0.5) is 0 Å². The van der Waals surface area contributed by atoms with Crippen LogP contribution in [-0.2, 0) is 14.3 Å². The molecule has 0 heterocycles. The van der Waals surface area contributed by atoms with Gasteiger partial charge in [-0.2, -0.15) is 0 Å². The number of aliphatic carboxylic acids is 1. The number of aliphatic hydroxyl groups is 1. The highest BCUT2D eigenvalue weighted by atomic mass is 16.5. The lowest BCUT2D eigenvalue weighted by Crippen LogP contribution is -2.39. The molecule has 3 atom stereocenters. The molecule has 0 amide bonds. The molecule has 19 heavy (non-hydrogen) atoms. The van der Waals surface area contributed by atoms with Crippen molar-refractivity contribution in [3.8, 4) is 0 Å². The highest BCUT2D eigenvalue weighted by Crippen LogP contribution is 2.03. The minimum Gasteiger partial charge on any atom is -0.481 e. The van der Waals surface area contributed by atoms with Gasteiger partial charge in [-0.05, 0) is 13.5 Å². The normalized spacial score (nSPS) is 16.3. The average Bonchev–Trinajstić information content (AvgIpc) is 2.35. The molecule has 0 rings (SSSR count). The minimum atomic E-state index is -0.821. The van der Waals surface area contributed by atoms with E-state index in [-0.39, 0.29) is 12.7 Å². The molecule has 0 saturated carbocycles. The van der Waals surface area contributed by atoms with E-state index in [4.69, 9.17) is 14.6 Å². The van der Waals surface area contributed by atoms with Crippen LogP contribution < -0.4 is 0 Å². The fourth-order valence-electron chi connectivity index (χ4n) is 1.71. The Kier molecular flexibility index (Phi) is 9.77. The zero-order valence-corrected chi connectivity index (χ0v) is 12.3. The lowest BCUT2D eigenvalue weighted by atomic mass is 10.1. The second-order valence-electron chi connectivity index (χ2n) is 4.84. The number of aliphatic hydroxyl groups excluding tert-OH is 1. The largest absolute Gasteiger partial charge is 0.481 e. The molecule has 0 aromatic rings. The first-order chi connectivity index (χ1) is 8.90. The highest BCUT2D eigenvalue weighted by molar-refractivity contribution is 5.69. The summed E-state index contributed by atoms with van der Waals surface area (Å²) in [6.45, 7) is 7.72. The van der Waals surface area contributed by atoms with Gasteiger partial charge in [-0.15, -0.1) is 0 Å². The molecule has 6 heteroatoms. The van der Waals surface area contributed by atoms with Crippen LogP contribution in [0.3, 0.4) is 0 Å². The SMILES string of the molecule is CCN(CC(O)COC(C)COC)CC(C)C(=O)O. The number of hydrogen-bond donors (Lipinski definition) is 2. The Morgan fingerprint density at radius 3 is 2.37 bits per heavy atom. The van der Waals surface area contributed by atoms with E-state index in [1.54, 1.807) is 14.0 Å². The molecule has 6 nitrogen and oxygen atoms in total. The maximum absolute atomic E-state index is 10.8. The van der Waals surface area contributed by atoms with Crippen molar-refractivity contribution in [2.45, 2.75) is 33.0 Å². The van der Waals surface area contributed by atoms with Gasteiger partial charge in [0.05, 0.1) is 31.3 Å². The third kappa shape index (κ3) is 8.93. The Morgan fingerprint density at radius 1 is 1.26 bits per heavy atom. The quantitative estimate of drug-likeness (QED) is 0.570. The highest BCUT2D eigenvalue weighted by Gasteiger charge is 2.18. The van der Waals surface area contributed by atoms with Crippen LogP contribution in [0.2, 0.25) is 0 Å². The summed E-state index contributed by atoms with van der Waals surface area (Å²) in [6, 6.07) is 0. The zero-order chi connectivity index (χ0) is 14.8. The van der Waals surface area contributed by atoms with Gasteiger partial charge in [0.25, 0.3) is 0 Å². The molecular weight excluding hydrogens is 250 g/mol. The van der Waals surface area contributed by atoms with Gasteiger partial charge < -0.3 is 24.6 Å². The maximum Gasteiger partial charge on any atom is 0.307 e. The van der Waals surface area contributed by atoms with Crippen LogP contribution in [0.15, 0.2) is 0 Å². The molecule has 3 unspecified atom stereocenters. The second kappa shape index (κ2) is 10.1. The molecule has 0 bridgehead atoms. The predicted molar refractivity (Wildman–Crippen MR) is 72.2 cm³/mol. The van der Waals surface area contributed by atoms with Crippen molar-refractivity contribution in [3.05, 3.63) is 0 Å². The summed E-state index contributed by atoms with van der Waals surface area (Å²) in [4.78, 5) is 12.7. The van der Waals surface area contributed by atoms with Gasteiger partial charge in [0.15, 0.2) is 0 Å². The molecule has 0 aliphatic carbocycles. The standard InChI is InChI=1S/C13H27NO5/c1-5-14(6-10(2)13(16)17)7-12(15)9-19-11(3)8-18-4/h10-12,15H,5-9H2,1-4H3,(H,16,17). The van der Waals surface area contributed by atoms with E-state index in [1.165, 1.54) is 0 Å². The third-order valence-electron chi connectivity index (χ3n) is 2.84. The summed E-state index contributed by atoms with van der Waals surface area (Å²) >= 11 is 0. The first-order valence-electron chi connectivity index (χ1n) is 6.64. The Hall–Kier alpha value is -0.690. The summed E-state index contributed by atoms with van der Waals surface area (Å²) in [7, 11) is 1.60. The zero-order valence-electron chi connectivity index (χ0n) is 12.3. The number of rotatable bonds is 11. The number of carbonyl (C=O) groups is 1. The summed E-state index contributed by atoms with van der Waals surface area (Å²) < 4.78 is 10.4. The topological polar surface area (TPSA) is 79.2 Å². The lowest BCUT2D eigenvalue weighted by molar-refractivity contribution is -0.141. The van der Waals surface area contributed by atoms with Crippen LogP contribution >= 0.6 is 0 Å². The molecule has 0 fully saturated rings. The van der Waals surface area contributed by atoms with Crippen LogP contribution in [0, 0.1) is 5.92 Å². The van der Waals surface area contributed by atoms with Gasteiger partial charge in [-0.1, -0.05) is 13.8 Å². The number of methoxy groups -OCH3 is 1. The monoisotopic (exact) mass is 277 g/mol. The number of ether oxygens (including phenoxy) is 2. The molecule has 0 aliphatic rings. The minimum absolute atomic E-state index is 0.0623. The number of carboxylic acid groups (broad SMARTS) is 1. The molecular formula is C13H27NO5. The van der Waals surface area contributed by atoms with E-state index in [0.717, 1.165) is 0 Å². The van der Waals surface area contributed by atoms with Crippen LogP contribution in [0.1, 0.15) is 20.8 Å². The number of hydrogen-bond acceptors (Lipinski definition) is 5. The van der Waals surface area contributed by atoms with Crippen molar-refractivity contribution in [3.63, 3.8) is 0 Å². The first kappa shape index (κ1) is 18.3. The Morgan fingerprint density at radius 2 is 1.89 bits per heavy atom. The average molecular weight is 277 g/mol. The number of nitrogens with zero attached hydrogens (tertiary/aromatic N) is 1. The molecule has 114 valence electrons. The third-order valence-corrected chi connectivity index (χ3v) is 2.84. The van der Waals surface area contributed by atoms with Crippen LogP contribution in [-0.4, -0.2) is 73.2 Å². The van der Waals surface area contributed by atoms with E-state index in [9.17, 15) is 9.90 Å². The van der Waals surface area contributed by atoms with Gasteiger partial charge in [-0.3, -0.25) is 4.79 Å². The molecule has 0 aromatic heterocycles. The smallest absolute Gasteiger partial charge is 0.307 e. The van der Waals surface area contributed by atoms with Crippen molar-refractivity contribution in [1.82, 2.24) is 4.90 Å². The van der Waals surface area contributed by atoms with E-state index >= 15 is 0 Å². The van der Waals surface area contributed by atoms with Crippen molar-refractivity contribution in [1.29, 1.82) is 0 Å². The van der Waals surface area contributed by atoms with Crippen molar-refractivity contribution < 1.29 is 24.5 Å². The lowest BCUT2D eigenvalue weighted by Gasteiger charge is -2.25. The van der Waals surface area contributed by atoms with Crippen LogP contribution in [0.5, 0.6) is 0 Å². The second-order valence-corrected chi connectivity index (χ2v) is 4.84. The molecule has 0 radical (unpaired) electrons. The number of carboxylic acids is 1. The summed E-state index contributed by atoms with van der Waals surface area (Å²) in [5.41, 5.74) is 0. The molecule has 0 aliphatic heterocycles. The Labute approximate surface area is 115 Å².